The summed E-state index contributed by atoms with van der Waals surface area (Å²) in [5.74, 6) is -8.71. The second-order valence-electron chi connectivity index (χ2n) is 8.15. The van der Waals surface area contributed by atoms with E-state index < -0.39 is 99.9 Å². The maximum absolute atomic E-state index is 13.5. The van der Waals surface area contributed by atoms with Crippen molar-refractivity contribution in [1.82, 2.24) is 0 Å². The minimum atomic E-state index is -5.55. The molecule has 0 aromatic heterocycles. The molecule has 0 aliphatic carbocycles. The van der Waals surface area contributed by atoms with Gasteiger partial charge in [-0.25, -0.2) is 0 Å². The van der Waals surface area contributed by atoms with E-state index in [1.165, 1.54) is 0 Å². The molecule has 0 aliphatic rings. The van der Waals surface area contributed by atoms with E-state index >= 15 is 0 Å². The Morgan fingerprint density at radius 1 is 0.700 bits per heavy atom. The molecular weight excluding hydrogens is 580 g/mol. The third-order valence-corrected chi connectivity index (χ3v) is 5.05. The van der Waals surface area contributed by atoms with Crippen molar-refractivity contribution in [2.75, 3.05) is 0 Å². The standard InChI is InChI=1S/C24H14F12O4/c1-4-5-13(19(37)39-17-11(3)8-12(21(25,26)27)9-16(17)24(34,35)36)20(38)40-18-14(22(28,29)30)6-10(2)7-15(18)23(31,32)33/h1,6-9,13H,5H2,2-3H3. The first kappa shape index (κ1) is 32.3. The number of rotatable bonds is 5. The molecule has 0 heterocycles. The Hall–Kier alpha value is -3.90. The molecule has 0 N–H and O–H groups in total. The first-order chi connectivity index (χ1) is 18.0. The fraction of sp³-hybridized carbons (Fsp3) is 0.333. The molecule has 0 spiro atoms. The monoisotopic (exact) mass is 594 g/mol. The molecule has 0 bridgehead atoms. The highest BCUT2D eigenvalue weighted by Gasteiger charge is 2.45. The number of carbonyl (C=O) groups is 2. The number of carbonyl (C=O) groups excluding carboxylic acids is 2. The lowest BCUT2D eigenvalue weighted by molar-refractivity contribution is -0.154. The summed E-state index contributed by atoms with van der Waals surface area (Å²) in [6, 6.07) is 0.173. The summed E-state index contributed by atoms with van der Waals surface area (Å²) in [7, 11) is 0. The van der Waals surface area contributed by atoms with Gasteiger partial charge in [0.2, 0.25) is 0 Å². The van der Waals surface area contributed by atoms with Crippen molar-refractivity contribution in [3.63, 3.8) is 0 Å². The Morgan fingerprint density at radius 3 is 1.48 bits per heavy atom. The molecule has 0 aliphatic heterocycles. The Labute approximate surface area is 216 Å². The number of benzene rings is 2. The summed E-state index contributed by atoms with van der Waals surface area (Å²) in [4.78, 5) is 25.2. The molecule has 0 saturated carbocycles. The largest absolute Gasteiger partial charge is 0.425 e. The maximum atomic E-state index is 13.5. The summed E-state index contributed by atoms with van der Waals surface area (Å²) in [6.45, 7) is 1.55. The van der Waals surface area contributed by atoms with Crippen LogP contribution in [-0.4, -0.2) is 11.9 Å². The summed E-state index contributed by atoms with van der Waals surface area (Å²) < 4.78 is 169. The van der Waals surface area contributed by atoms with E-state index in [1.807, 2.05) is 0 Å². The third-order valence-electron chi connectivity index (χ3n) is 5.05. The van der Waals surface area contributed by atoms with E-state index in [-0.39, 0.29) is 18.2 Å². The molecule has 218 valence electrons. The molecule has 2 aromatic carbocycles. The number of ether oxygens (including phenoxy) is 2. The van der Waals surface area contributed by atoms with Gasteiger partial charge in [-0.15, -0.1) is 12.3 Å². The van der Waals surface area contributed by atoms with Gasteiger partial charge in [0.1, 0.15) is 5.75 Å². The van der Waals surface area contributed by atoms with Crippen LogP contribution in [0.4, 0.5) is 52.7 Å². The van der Waals surface area contributed by atoms with Gasteiger partial charge < -0.3 is 9.47 Å². The average Bonchev–Trinajstić information content (AvgIpc) is 2.76. The summed E-state index contributed by atoms with van der Waals surface area (Å²) in [6.07, 6.45) is -18.0. The molecular formula is C24H14F12O4. The van der Waals surface area contributed by atoms with Crippen LogP contribution in [0.3, 0.4) is 0 Å². The quantitative estimate of drug-likeness (QED) is 0.118. The van der Waals surface area contributed by atoms with Gasteiger partial charge in [0, 0.05) is 6.42 Å². The van der Waals surface area contributed by atoms with E-state index in [2.05, 4.69) is 9.47 Å². The molecule has 0 radical (unpaired) electrons. The van der Waals surface area contributed by atoms with Crippen molar-refractivity contribution in [2.45, 2.75) is 45.0 Å². The van der Waals surface area contributed by atoms with Crippen molar-refractivity contribution in [3.8, 4) is 23.8 Å². The highest BCUT2D eigenvalue weighted by atomic mass is 19.4. The zero-order chi connectivity index (χ0) is 31.0. The number of alkyl halides is 12. The van der Waals surface area contributed by atoms with E-state index in [0.29, 0.717) is 6.92 Å². The lowest BCUT2D eigenvalue weighted by Crippen LogP contribution is -2.33. The number of aryl methyl sites for hydroxylation is 2. The lowest BCUT2D eigenvalue weighted by atomic mass is 10.0. The van der Waals surface area contributed by atoms with Gasteiger partial charge in [-0.3, -0.25) is 9.59 Å². The summed E-state index contributed by atoms with van der Waals surface area (Å²) in [5, 5.41) is 0. The fourth-order valence-electron chi connectivity index (χ4n) is 3.31. The molecule has 0 amide bonds. The van der Waals surface area contributed by atoms with Crippen LogP contribution in [-0.2, 0) is 34.3 Å². The third kappa shape index (κ3) is 7.39. The summed E-state index contributed by atoms with van der Waals surface area (Å²) in [5.41, 5.74) is -9.48. The lowest BCUT2D eigenvalue weighted by Gasteiger charge is -2.22. The van der Waals surface area contributed by atoms with Crippen molar-refractivity contribution in [1.29, 1.82) is 0 Å². The first-order valence-electron chi connectivity index (χ1n) is 10.4. The molecule has 2 rings (SSSR count). The van der Waals surface area contributed by atoms with Crippen LogP contribution in [0.25, 0.3) is 0 Å². The highest BCUT2D eigenvalue weighted by molar-refractivity contribution is 5.97. The molecule has 16 heteroatoms. The number of halogens is 12. The van der Waals surface area contributed by atoms with Crippen LogP contribution >= 0.6 is 0 Å². The molecule has 1 atom stereocenters. The van der Waals surface area contributed by atoms with E-state index in [0.717, 1.165) is 6.92 Å². The molecule has 2 aromatic rings. The minimum Gasteiger partial charge on any atom is -0.425 e. The number of hydrogen-bond donors (Lipinski definition) is 0. The van der Waals surface area contributed by atoms with Gasteiger partial charge in [0.05, 0.1) is 22.3 Å². The van der Waals surface area contributed by atoms with E-state index in [9.17, 15) is 62.3 Å². The number of terminal acetylenes is 1. The second kappa shape index (κ2) is 10.9. The van der Waals surface area contributed by atoms with Crippen LogP contribution in [0.15, 0.2) is 24.3 Å². The summed E-state index contributed by atoms with van der Waals surface area (Å²) >= 11 is 0. The zero-order valence-corrected chi connectivity index (χ0v) is 19.8. The predicted octanol–water partition coefficient (Wildman–Crippen LogP) is 7.53. The molecule has 0 saturated heterocycles. The zero-order valence-electron chi connectivity index (χ0n) is 19.8. The van der Waals surface area contributed by atoms with Gasteiger partial charge in [0.15, 0.2) is 11.7 Å². The van der Waals surface area contributed by atoms with Crippen LogP contribution in [0, 0.1) is 32.1 Å². The van der Waals surface area contributed by atoms with Crippen molar-refractivity contribution >= 4 is 11.9 Å². The topological polar surface area (TPSA) is 52.6 Å². The molecule has 40 heavy (non-hydrogen) atoms. The van der Waals surface area contributed by atoms with Gasteiger partial charge >= 0.3 is 36.6 Å². The molecule has 4 nitrogen and oxygen atoms in total. The smallest absolute Gasteiger partial charge is 0.420 e. The fourth-order valence-corrected chi connectivity index (χ4v) is 3.31. The maximum Gasteiger partial charge on any atom is 0.420 e. The predicted molar refractivity (Wildman–Crippen MR) is 111 cm³/mol. The van der Waals surface area contributed by atoms with Crippen LogP contribution in [0.2, 0.25) is 0 Å². The van der Waals surface area contributed by atoms with Gasteiger partial charge in [0.25, 0.3) is 0 Å². The van der Waals surface area contributed by atoms with Crippen LogP contribution in [0.5, 0.6) is 11.5 Å². The normalized spacial score (nSPS) is 13.4. The SMILES string of the molecule is C#CCC(C(=O)Oc1c(C)cc(C(F)(F)F)cc1C(F)(F)F)C(=O)Oc1c(C(F)(F)F)cc(C)cc1C(F)(F)F. The Kier molecular flexibility index (Phi) is 8.83. The van der Waals surface area contributed by atoms with Gasteiger partial charge in [-0.05, 0) is 49.2 Å². The number of esters is 2. The average molecular weight is 594 g/mol. The molecule has 0 fully saturated rings. The molecule has 1 unspecified atom stereocenters. The van der Waals surface area contributed by atoms with Crippen LogP contribution in [0.1, 0.15) is 39.8 Å². The highest BCUT2D eigenvalue weighted by Crippen LogP contribution is 2.46. The first-order valence-corrected chi connectivity index (χ1v) is 10.4. The second-order valence-corrected chi connectivity index (χ2v) is 8.15. The van der Waals surface area contributed by atoms with Crippen molar-refractivity contribution in [3.05, 3.63) is 57.6 Å². The van der Waals surface area contributed by atoms with Crippen molar-refractivity contribution in [2.24, 2.45) is 5.92 Å². The van der Waals surface area contributed by atoms with Crippen LogP contribution < -0.4 is 9.47 Å². The Morgan fingerprint density at radius 2 is 1.10 bits per heavy atom. The van der Waals surface area contributed by atoms with Gasteiger partial charge in [-0.2, -0.15) is 52.7 Å². The minimum absolute atomic E-state index is 0.171. The Balaban J connectivity index is 2.59. The Bertz CT molecular complexity index is 1310. The van der Waals surface area contributed by atoms with E-state index in [1.54, 1.807) is 5.92 Å². The van der Waals surface area contributed by atoms with Gasteiger partial charge in [-0.1, -0.05) is 0 Å². The number of hydrogen-bond acceptors (Lipinski definition) is 4. The van der Waals surface area contributed by atoms with Crippen molar-refractivity contribution < 1.29 is 71.7 Å². The van der Waals surface area contributed by atoms with E-state index in [4.69, 9.17) is 6.42 Å².